The second kappa shape index (κ2) is 5.17. The molecule has 90 valence electrons. The fourth-order valence-corrected chi connectivity index (χ4v) is 1.73. The molecule has 0 aliphatic heterocycles. The number of hydrogen-bond acceptors (Lipinski definition) is 6. The highest BCUT2D eigenvalue weighted by Gasteiger charge is 2.17. The van der Waals surface area contributed by atoms with Gasteiger partial charge in [0.2, 0.25) is 0 Å². The van der Waals surface area contributed by atoms with Gasteiger partial charge in [-0.3, -0.25) is 16.3 Å². The van der Waals surface area contributed by atoms with E-state index in [-0.39, 0.29) is 6.04 Å². The first-order valence-corrected chi connectivity index (χ1v) is 5.38. The summed E-state index contributed by atoms with van der Waals surface area (Å²) < 4.78 is 0. The summed E-state index contributed by atoms with van der Waals surface area (Å²) in [6, 6.07) is 3.28. The lowest BCUT2D eigenvalue weighted by Crippen LogP contribution is -2.30. The van der Waals surface area contributed by atoms with Gasteiger partial charge in [0, 0.05) is 12.6 Å². The number of hydrogen-bond donors (Lipinski definition) is 2. The third-order valence-corrected chi connectivity index (χ3v) is 2.57. The fraction of sp³-hybridized carbons (Fsp3) is 0.333. The number of tetrazole rings is 1. The summed E-state index contributed by atoms with van der Waals surface area (Å²) in [5, 5.41) is 12.3. The molecule has 0 bridgehead atoms. The predicted octanol–water partition coefficient (Wildman–Crippen LogP) is 0.00560. The third kappa shape index (κ3) is 2.76. The normalized spacial score (nSPS) is 12.6. The van der Waals surface area contributed by atoms with Crippen LogP contribution in [0, 0.1) is 0 Å². The molecule has 2 rings (SSSR count). The van der Waals surface area contributed by atoms with Crippen molar-refractivity contribution >= 4 is 11.6 Å². The first kappa shape index (κ1) is 11.9. The molecule has 0 spiro atoms. The Balaban J connectivity index is 2.20. The molecule has 0 amide bonds. The maximum atomic E-state index is 6.05. The second-order valence-electron chi connectivity index (χ2n) is 3.49. The van der Waals surface area contributed by atoms with E-state index in [1.54, 1.807) is 25.4 Å². The first-order valence-electron chi connectivity index (χ1n) is 5.00. The van der Waals surface area contributed by atoms with E-state index >= 15 is 0 Å². The summed E-state index contributed by atoms with van der Waals surface area (Å²) in [5.74, 6) is 6.08. The largest absolute Gasteiger partial charge is 0.271 e. The van der Waals surface area contributed by atoms with Crippen molar-refractivity contribution in [3.63, 3.8) is 0 Å². The number of aryl methyl sites for hydroxylation is 1. The third-order valence-electron chi connectivity index (χ3n) is 2.25. The minimum absolute atomic E-state index is 0.243. The van der Waals surface area contributed by atoms with Gasteiger partial charge in [0.15, 0.2) is 5.82 Å². The molecule has 0 aromatic carbocycles. The van der Waals surface area contributed by atoms with Crippen LogP contribution in [0.25, 0.3) is 0 Å². The van der Waals surface area contributed by atoms with Gasteiger partial charge < -0.3 is 0 Å². The Morgan fingerprint density at radius 2 is 2.41 bits per heavy atom. The van der Waals surface area contributed by atoms with Crippen molar-refractivity contribution in [3.05, 3.63) is 34.9 Å². The van der Waals surface area contributed by atoms with Crippen LogP contribution in [0.15, 0.2) is 18.3 Å². The van der Waals surface area contributed by atoms with Gasteiger partial charge in [-0.15, -0.1) is 10.2 Å². The Bertz CT molecular complexity index is 498. The standard InChI is InChI=1S/C9H12ClN7/c1-17-15-8(14-16-17)5-7(13-11)9-6(10)3-2-4-12-9/h2-4,7,13H,5,11H2,1H3. The Hall–Kier alpha value is -1.57. The minimum Gasteiger partial charge on any atom is -0.271 e. The van der Waals surface area contributed by atoms with E-state index < -0.39 is 0 Å². The van der Waals surface area contributed by atoms with Crippen molar-refractivity contribution in [1.29, 1.82) is 0 Å². The SMILES string of the molecule is Cn1nnc(CC(NN)c2ncccc2Cl)n1. The van der Waals surface area contributed by atoms with Crippen LogP contribution in [0.4, 0.5) is 0 Å². The number of nitrogens with one attached hydrogen (secondary N) is 1. The van der Waals surface area contributed by atoms with Gasteiger partial charge in [-0.05, 0) is 17.3 Å². The van der Waals surface area contributed by atoms with E-state index in [2.05, 4.69) is 25.8 Å². The van der Waals surface area contributed by atoms with Crippen LogP contribution in [0.3, 0.4) is 0 Å². The lowest BCUT2D eigenvalue weighted by atomic mass is 10.1. The summed E-state index contributed by atoms with van der Waals surface area (Å²) in [6.07, 6.45) is 2.14. The number of pyridine rings is 1. The minimum atomic E-state index is -0.243. The molecule has 1 unspecified atom stereocenters. The summed E-state index contributed by atoms with van der Waals surface area (Å²) in [5.41, 5.74) is 3.32. The van der Waals surface area contributed by atoms with Crippen molar-refractivity contribution in [2.45, 2.75) is 12.5 Å². The number of hydrazine groups is 1. The predicted molar refractivity (Wildman–Crippen MR) is 61.8 cm³/mol. The maximum Gasteiger partial charge on any atom is 0.176 e. The van der Waals surface area contributed by atoms with Gasteiger partial charge in [-0.25, -0.2) is 0 Å². The Morgan fingerprint density at radius 1 is 1.59 bits per heavy atom. The summed E-state index contributed by atoms with van der Waals surface area (Å²) in [7, 11) is 1.70. The topological polar surface area (TPSA) is 94.5 Å². The Labute approximate surface area is 103 Å². The van der Waals surface area contributed by atoms with Crippen molar-refractivity contribution in [3.8, 4) is 0 Å². The average Bonchev–Trinajstić information content (AvgIpc) is 2.73. The van der Waals surface area contributed by atoms with Crippen LogP contribution in [0.5, 0.6) is 0 Å². The molecule has 2 aromatic heterocycles. The average molecular weight is 254 g/mol. The van der Waals surface area contributed by atoms with Gasteiger partial charge in [-0.1, -0.05) is 11.6 Å². The lowest BCUT2D eigenvalue weighted by molar-refractivity contribution is 0.524. The van der Waals surface area contributed by atoms with Crippen LogP contribution in [0.2, 0.25) is 5.02 Å². The van der Waals surface area contributed by atoms with Crippen LogP contribution < -0.4 is 11.3 Å². The highest BCUT2D eigenvalue weighted by molar-refractivity contribution is 6.31. The molecular formula is C9H12ClN7. The molecule has 0 fully saturated rings. The summed E-state index contributed by atoms with van der Waals surface area (Å²) in [6.45, 7) is 0. The highest BCUT2D eigenvalue weighted by atomic mass is 35.5. The van der Waals surface area contributed by atoms with Crippen LogP contribution in [-0.4, -0.2) is 25.2 Å². The zero-order valence-corrected chi connectivity index (χ0v) is 9.96. The van der Waals surface area contributed by atoms with Crippen molar-refractivity contribution in [2.24, 2.45) is 12.9 Å². The summed E-state index contributed by atoms with van der Waals surface area (Å²) >= 11 is 6.05. The van der Waals surface area contributed by atoms with Gasteiger partial charge in [0.05, 0.1) is 23.8 Å². The zero-order chi connectivity index (χ0) is 12.3. The molecule has 0 aliphatic carbocycles. The first-order chi connectivity index (χ1) is 8.20. The Morgan fingerprint density at radius 3 is 3.00 bits per heavy atom. The van der Waals surface area contributed by atoms with Crippen LogP contribution in [0.1, 0.15) is 17.6 Å². The van der Waals surface area contributed by atoms with Crippen molar-refractivity contribution in [1.82, 2.24) is 30.6 Å². The molecule has 0 saturated carbocycles. The molecule has 0 radical (unpaired) electrons. The van der Waals surface area contributed by atoms with E-state index in [1.807, 2.05) is 0 Å². The quantitative estimate of drug-likeness (QED) is 0.589. The molecule has 1 atom stereocenters. The zero-order valence-electron chi connectivity index (χ0n) is 9.21. The molecule has 0 saturated heterocycles. The van der Waals surface area contributed by atoms with Crippen LogP contribution >= 0.6 is 11.6 Å². The summed E-state index contributed by atoms with van der Waals surface area (Å²) in [4.78, 5) is 5.59. The maximum absolute atomic E-state index is 6.05. The van der Waals surface area contributed by atoms with E-state index in [1.165, 1.54) is 4.80 Å². The monoisotopic (exact) mass is 253 g/mol. The fourth-order valence-electron chi connectivity index (χ4n) is 1.48. The highest BCUT2D eigenvalue weighted by Crippen LogP contribution is 2.21. The number of aromatic nitrogens is 5. The van der Waals surface area contributed by atoms with E-state index in [9.17, 15) is 0 Å². The number of rotatable bonds is 4. The van der Waals surface area contributed by atoms with E-state index in [0.717, 1.165) is 0 Å². The molecule has 2 heterocycles. The van der Waals surface area contributed by atoms with E-state index in [4.69, 9.17) is 17.4 Å². The smallest absolute Gasteiger partial charge is 0.176 e. The van der Waals surface area contributed by atoms with Crippen molar-refractivity contribution in [2.75, 3.05) is 0 Å². The molecule has 2 aromatic rings. The van der Waals surface area contributed by atoms with Gasteiger partial charge in [0.25, 0.3) is 0 Å². The molecule has 17 heavy (non-hydrogen) atoms. The number of nitrogens with two attached hydrogens (primary N) is 1. The lowest BCUT2D eigenvalue weighted by Gasteiger charge is -2.14. The van der Waals surface area contributed by atoms with E-state index in [0.29, 0.717) is 23.0 Å². The molecule has 3 N–H and O–H groups in total. The number of nitrogens with zero attached hydrogens (tertiary/aromatic N) is 5. The number of halogens is 1. The molecule has 8 heteroatoms. The Kier molecular flexibility index (Phi) is 3.62. The van der Waals surface area contributed by atoms with Gasteiger partial charge >= 0.3 is 0 Å². The van der Waals surface area contributed by atoms with Crippen LogP contribution in [-0.2, 0) is 13.5 Å². The molecular weight excluding hydrogens is 242 g/mol. The van der Waals surface area contributed by atoms with Gasteiger partial charge in [-0.2, -0.15) is 4.80 Å². The van der Waals surface area contributed by atoms with Gasteiger partial charge in [0.1, 0.15) is 0 Å². The molecule has 7 nitrogen and oxygen atoms in total. The molecule has 0 aliphatic rings. The van der Waals surface area contributed by atoms with Crippen molar-refractivity contribution < 1.29 is 0 Å². The second-order valence-corrected chi connectivity index (χ2v) is 3.90.